The summed E-state index contributed by atoms with van der Waals surface area (Å²) in [5.41, 5.74) is -1.44. The molecule has 204 valence electrons. The molecule has 4 aliphatic rings. The minimum atomic E-state index is -5.15. The minimum absolute atomic E-state index is 0.0773. The van der Waals surface area contributed by atoms with E-state index in [2.05, 4.69) is 16.6 Å². The van der Waals surface area contributed by atoms with Crippen LogP contribution in [-0.4, -0.2) is 64.9 Å². The van der Waals surface area contributed by atoms with Crippen molar-refractivity contribution in [3.63, 3.8) is 0 Å². The van der Waals surface area contributed by atoms with Crippen molar-refractivity contribution in [1.29, 1.82) is 0 Å². The summed E-state index contributed by atoms with van der Waals surface area (Å²) in [6, 6.07) is -3.13. The average Bonchev–Trinajstić information content (AvgIpc) is 3.25. The molecule has 2 spiro atoms. The lowest BCUT2D eigenvalue weighted by Crippen LogP contribution is -2.59. The summed E-state index contributed by atoms with van der Waals surface area (Å²) in [6.07, 6.45) is 6.27. The molecule has 0 radical (unpaired) electrons. The highest BCUT2D eigenvalue weighted by molar-refractivity contribution is 5.94. The molecular formula is C26H35F3N4O4. The van der Waals surface area contributed by atoms with Crippen LogP contribution in [-0.2, 0) is 19.2 Å². The summed E-state index contributed by atoms with van der Waals surface area (Å²) in [5.74, 6) is -1.27. The number of hydrogen-bond acceptors (Lipinski definition) is 4. The van der Waals surface area contributed by atoms with Crippen molar-refractivity contribution in [2.24, 2.45) is 16.7 Å². The molecule has 2 saturated heterocycles. The van der Waals surface area contributed by atoms with E-state index in [1.807, 2.05) is 5.32 Å². The molecule has 0 aromatic rings. The highest BCUT2D eigenvalue weighted by Gasteiger charge is 2.55. The molecule has 2 heterocycles. The van der Waals surface area contributed by atoms with Crippen LogP contribution in [0.1, 0.15) is 72.1 Å². The van der Waals surface area contributed by atoms with Crippen LogP contribution in [0.25, 0.3) is 0 Å². The highest BCUT2D eigenvalue weighted by atomic mass is 19.4. The Bertz CT molecular complexity index is 1020. The van der Waals surface area contributed by atoms with E-state index in [1.54, 1.807) is 20.8 Å². The molecule has 0 aromatic heterocycles. The van der Waals surface area contributed by atoms with Gasteiger partial charge in [-0.1, -0.05) is 33.1 Å². The minimum Gasteiger partial charge on any atom is -0.350 e. The van der Waals surface area contributed by atoms with Gasteiger partial charge in [-0.25, -0.2) is 0 Å². The first-order valence-corrected chi connectivity index (χ1v) is 12.8. The molecule has 11 heteroatoms. The summed E-state index contributed by atoms with van der Waals surface area (Å²) in [7, 11) is 0. The lowest BCUT2D eigenvalue weighted by molar-refractivity contribution is -0.176. The summed E-state index contributed by atoms with van der Waals surface area (Å²) < 4.78 is 39.0. The van der Waals surface area contributed by atoms with Crippen molar-refractivity contribution in [2.75, 3.05) is 6.54 Å². The predicted molar refractivity (Wildman–Crippen MR) is 127 cm³/mol. The van der Waals surface area contributed by atoms with E-state index >= 15 is 0 Å². The Balaban J connectivity index is 1.49. The fraction of sp³-hybridized carbons (Fsp3) is 0.769. The molecule has 2 aliphatic carbocycles. The van der Waals surface area contributed by atoms with Crippen molar-refractivity contribution < 1.29 is 32.3 Å². The third kappa shape index (κ3) is 5.58. The van der Waals surface area contributed by atoms with Crippen LogP contribution in [0.3, 0.4) is 0 Å². The maximum atomic E-state index is 13.6. The van der Waals surface area contributed by atoms with Gasteiger partial charge in [-0.15, -0.1) is 6.42 Å². The number of rotatable bonds is 6. The molecule has 37 heavy (non-hydrogen) atoms. The van der Waals surface area contributed by atoms with Crippen LogP contribution < -0.4 is 16.0 Å². The summed E-state index contributed by atoms with van der Waals surface area (Å²) in [5, 5.41) is 7.66. The van der Waals surface area contributed by atoms with Gasteiger partial charge in [0.1, 0.15) is 12.1 Å². The van der Waals surface area contributed by atoms with Gasteiger partial charge in [0.2, 0.25) is 17.7 Å². The lowest BCUT2D eigenvalue weighted by atomic mass is 9.67. The number of carbonyl (C=O) groups excluding carboxylic acids is 4. The van der Waals surface area contributed by atoms with Crippen LogP contribution in [0.15, 0.2) is 0 Å². The standard InChI is InChI=1S/C26H35F3N4O4/c1-5-16(11-15-12-25(9-10-25)32-19(15)34)30-20(35)17-13-24(7-6-8-24)14-33(17)21(36)18(23(2,3)4)31-22(37)26(27,28)29/h1,15-18H,6-14H2,2-4H3,(H,30,35)(H,31,37)(H,32,34)/t15-,16-,17?,18-/m1/s1. The van der Waals surface area contributed by atoms with Gasteiger partial charge in [-0.3, -0.25) is 19.2 Å². The zero-order valence-corrected chi connectivity index (χ0v) is 21.5. The second kappa shape index (κ2) is 9.21. The molecule has 4 fully saturated rings. The molecule has 3 N–H and O–H groups in total. The average molecular weight is 525 g/mol. The van der Waals surface area contributed by atoms with Crippen LogP contribution >= 0.6 is 0 Å². The molecule has 4 rings (SSSR count). The zero-order chi connectivity index (χ0) is 27.4. The highest BCUT2D eigenvalue weighted by Crippen LogP contribution is 2.51. The van der Waals surface area contributed by atoms with Gasteiger partial charge in [0.05, 0.1) is 6.04 Å². The van der Waals surface area contributed by atoms with Crippen molar-refractivity contribution in [2.45, 2.75) is 102 Å². The van der Waals surface area contributed by atoms with Gasteiger partial charge in [0.15, 0.2) is 0 Å². The number of terminal acetylenes is 1. The Morgan fingerprint density at radius 2 is 1.78 bits per heavy atom. The monoisotopic (exact) mass is 524 g/mol. The van der Waals surface area contributed by atoms with E-state index in [0.717, 1.165) is 32.1 Å². The smallest absolute Gasteiger partial charge is 0.350 e. The summed E-state index contributed by atoms with van der Waals surface area (Å²) in [6.45, 7) is 4.91. The zero-order valence-electron chi connectivity index (χ0n) is 21.5. The molecule has 8 nitrogen and oxygen atoms in total. The number of amides is 4. The molecule has 2 saturated carbocycles. The van der Waals surface area contributed by atoms with Crippen LogP contribution in [0, 0.1) is 29.1 Å². The number of hydrogen-bond donors (Lipinski definition) is 3. The number of carbonyl (C=O) groups is 4. The SMILES string of the molecule is C#C[C@H](C[C@@H]1CC2(CC2)NC1=O)NC(=O)C1CC2(CCC2)CN1C(=O)[C@@H](NC(=O)C(F)(F)F)C(C)(C)C. The van der Waals surface area contributed by atoms with Gasteiger partial charge >= 0.3 is 12.1 Å². The Hall–Kier alpha value is -2.77. The van der Waals surface area contributed by atoms with E-state index in [1.165, 1.54) is 4.90 Å². The first-order chi connectivity index (χ1) is 17.1. The van der Waals surface area contributed by atoms with Gasteiger partial charge in [0, 0.05) is 18.0 Å². The maximum absolute atomic E-state index is 13.6. The fourth-order valence-electron chi connectivity index (χ4n) is 5.96. The Labute approximate surface area is 214 Å². The molecule has 4 amide bonds. The lowest BCUT2D eigenvalue weighted by Gasteiger charge is -2.39. The van der Waals surface area contributed by atoms with E-state index in [-0.39, 0.29) is 35.7 Å². The van der Waals surface area contributed by atoms with Crippen LogP contribution in [0.2, 0.25) is 0 Å². The van der Waals surface area contributed by atoms with Crippen molar-refractivity contribution in [3.05, 3.63) is 0 Å². The summed E-state index contributed by atoms with van der Waals surface area (Å²) in [4.78, 5) is 52.5. The fourth-order valence-corrected chi connectivity index (χ4v) is 5.96. The van der Waals surface area contributed by atoms with E-state index in [0.29, 0.717) is 12.8 Å². The van der Waals surface area contributed by atoms with Crippen LogP contribution in [0.4, 0.5) is 13.2 Å². The first-order valence-electron chi connectivity index (χ1n) is 12.8. The number of likely N-dealkylation sites (tertiary alicyclic amines) is 1. The number of halogens is 3. The maximum Gasteiger partial charge on any atom is 0.471 e. The number of nitrogens with zero attached hydrogens (tertiary/aromatic N) is 1. The van der Waals surface area contributed by atoms with Gasteiger partial charge in [0.25, 0.3) is 0 Å². The largest absolute Gasteiger partial charge is 0.471 e. The second-order valence-corrected chi connectivity index (χ2v) is 12.4. The van der Waals surface area contributed by atoms with Crippen LogP contribution in [0.5, 0.6) is 0 Å². The molecule has 2 aliphatic heterocycles. The van der Waals surface area contributed by atoms with Gasteiger partial charge < -0.3 is 20.9 Å². The van der Waals surface area contributed by atoms with E-state index in [9.17, 15) is 32.3 Å². The van der Waals surface area contributed by atoms with Gasteiger partial charge in [-0.2, -0.15) is 13.2 Å². The third-order valence-corrected chi connectivity index (χ3v) is 8.44. The molecule has 0 aromatic carbocycles. The van der Waals surface area contributed by atoms with Crippen molar-refractivity contribution in [1.82, 2.24) is 20.9 Å². The Morgan fingerprint density at radius 1 is 1.14 bits per heavy atom. The molecule has 4 atom stereocenters. The van der Waals surface area contributed by atoms with Crippen molar-refractivity contribution >= 4 is 23.6 Å². The quantitative estimate of drug-likeness (QED) is 0.462. The Kier molecular flexibility index (Phi) is 6.79. The molecule has 1 unspecified atom stereocenters. The first kappa shape index (κ1) is 27.3. The van der Waals surface area contributed by atoms with Gasteiger partial charge in [-0.05, 0) is 55.8 Å². The van der Waals surface area contributed by atoms with E-state index < -0.39 is 47.4 Å². The summed E-state index contributed by atoms with van der Waals surface area (Å²) >= 11 is 0. The van der Waals surface area contributed by atoms with E-state index in [4.69, 9.17) is 6.42 Å². The van der Waals surface area contributed by atoms with Crippen molar-refractivity contribution in [3.8, 4) is 12.3 Å². The predicted octanol–water partition coefficient (Wildman–Crippen LogP) is 2.03. The second-order valence-electron chi connectivity index (χ2n) is 12.4. The molecule has 0 bridgehead atoms. The topological polar surface area (TPSA) is 108 Å². The number of nitrogens with one attached hydrogen (secondary N) is 3. The third-order valence-electron chi connectivity index (χ3n) is 8.44. The normalized spacial score (nSPS) is 27.2. The number of alkyl halides is 3. The Morgan fingerprint density at radius 3 is 2.24 bits per heavy atom. The molecular weight excluding hydrogens is 489 g/mol.